The van der Waals surface area contributed by atoms with Crippen molar-refractivity contribution in [1.29, 1.82) is 0 Å². The molecule has 592 valence electrons. The highest BCUT2D eigenvalue weighted by atomic mass is 32.2. The van der Waals surface area contributed by atoms with Crippen LogP contribution < -0.4 is 33.2 Å². The molecule has 6 heterocycles. The molecule has 14 heteroatoms. The Morgan fingerprint density at radius 3 is 1.26 bits per heavy atom. The molecule has 12 rings (SSSR count). The van der Waals surface area contributed by atoms with E-state index >= 15 is 0 Å². The molecule has 6 aromatic carbocycles. The molecule has 0 saturated carbocycles. The average molecular weight is 1520 g/mol. The second kappa shape index (κ2) is 56.4. The van der Waals surface area contributed by atoms with E-state index in [-0.39, 0.29) is 13.5 Å². The van der Waals surface area contributed by atoms with E-state index in [1.807, 2.05) is 121 Å². The van der Waals surface area contributed by atoms with E-state index in [9.17, 15) is 5.11 Å². The van der Waals surface area contributed by atoms with Gasteiger partial charge in [-0.05, 0) is 301 Å². The Kier molecular flexibility index (Phi) is 46.6. The van der Waals surface area contributed by atoms with E-state index in [0.29, 0.717) is 12.7 Å². The monoisotopic (exact) mass is 1520 g/mol. The Morgan fingerprint density at radius 1 is 0.404 bits per heavy atom. The molecular weight excluding hydrogens is 1390 g/mol. The van der Waals surface area contributed by atoms with E-state index < -0.39 is 5.60 Å². The van der Waals surface area contributed by atoms with Crippen LogP contribution in [0.25, 0.3) is 0 Å². The van der Waals surface area contributed by atoms with E-state index in [0.717, 1.165) is 232 Å². The Morgan fingerprint density at radius 2 is 0.826 bits per heavy atom. The zero-order valence-corrected chi connectivity index (χ0v) is 67.6. The molecule has 109 heavy (non-hydrogen) atoms. The molecule has 1 N–H and O–H groups in total. The number of hydrogen-bond donors (Lipinski definition) is 1. The third-order valence-corrected chi connectivity index (χ3v) is 20.2. The first-order valence-electron chi connectivity index (χ1n) is 40.4. The second-order valence-corrected chi connectivity index (χ2v) is 30.0. The summed E-state index contributed by atoms with van der Waals surface area (Å²) in [6.45, 7) is 19.8. The van der Waals surface area contributed by atoms with Crippen LogP contribution in [0.1, 0.15) is 196 Å². The summed E-state index contributed by atoms with van der Waals surface area (Å²) >= 11 is 3.78. The number of rotatable bonds is 36. The number of hydrogen-bond acceptors (Lipinski definition) is 14. The van der Waals surface area contributed by atoms with Crippen molar-refractivity contribution in [2.75, 3.05) is 71.0 Å². The van der Waals surface area contributed by atoms with Crippen LogP contribution in [0.5, 0.6) is 40.2 Å². The lowest BCUT2D eigenvalue weighted by molar-refractivity contribution is -0.0111. The summed E-state index contributed by atoms with van der Waals surface area (Å²) in [7, 11) is 0. The number of benzene rings is 6. The largest absolute Gasteiger partial charge is 0.494 e. The molecule has 3 aliphatic heterocycles. The van der Waals surface area contributed by atoms with Crippen LogP contribution in [0.4, 0.5) is 0 Å². The second-order valence-electron chi connectivity index (χ2n) is 27.7. The minimum atomic E-state index is -0.439. The molecule has 2 unspecified atom stereocenters. The van der Waals surface area contributed by atoms with Crippen LogP contribution >= 0.6 is 23.1 Å². The molecule has 2 atom stereocenters. The Labute approximate surface area is 664 Å². The predicted molar refractivity (Wildman–Crippen MR) is 456 cm³/mol. The highest BCUT2D eigenvalue weighted by Gasteiger charge is 2.29. The molecule has 0 amide bonds. The van der Waals surface area contributed by atoms with Crippen LogP contribution in [-0.4, -0.2) is 104 Å². The number of aliphatic hydroxyl groups is 1. The van der Waals surface area contributed by atoms with Gasteiger partial charge in [0.2, 0.25) is 0 Å². The van der Waals surface area contributed by atoms with E-state index in [1.165, 1.54) is 70.4 Å². The van der Waals surface area contributed by atoms with E-state index in [1.54, 1.807) is 0 Å². The summed E-state index contributed by atoms with van der Waals surface area (Å²) in [6.07, 6.45) is 32.0. The fourth-order valence-corrected chi connectivity index (χ4v) is 14.1. The summed E-state index contributed by atoms with van der Waals surface area (Å²) in [5.74, 6) is 8.80. The van der Waals surface area contributed by atoms with Gasteiger partial charge >= 0.3 is 0 Å². The van der Waals surface area contributed by atoms with Gasteiger partial charge < -0.3 is 47.7 Å². The lowest BCUT2D eigenvalue weighted by atomic mass is 9.89. The Balaban J connectivity index is 0.000000204. The summed E-state index contributed by atoms with van der Waals surface area (Å²) < 4.78 is 50.9. The van der Waals surface area contributed by atoms with Crippen molar-refractivity contribution in [3.63, 3.8) is 0 Å². The lowest BCUT2D eigenvalue weighted by Gasteiger charge is -2.31. The molecule has 0 bridgehead atoms. The average Bonchev–Trinajstić information content (AvgIpc) is 1.09. The summed E-state index contributed by atoms with van der Waals surface area (Å²) in [6, 6.07) is 64.2. The maximum absolute atomic E-state index is 10.5. The van der Waals surface area contributed by atoms with Gasteiger partial charge in [0.1, 0.15) is 46.9 Å². The zero-order chi connectivity index (χ0) is 76.0. The molecule has 3 saturated heterocycles. The number of aryl methyl sites for hydroxylation is 8. The van der Waals surface area contributed by atoms with Gasteiger partial charge in [0, 0.05) is 48.4 Å². The maximum atomic E-state index is 10.5. The normalized spacial score (nSPS) is 14.7. The van der Waals surface area contributed by atoms with Crippen molar-refractivity contribution < 1.29 is 47.7 Å². The summed E-state index contributed by atoms with van der Waals surface area (Å²) in [5, 5.41) is 12.6. The van der Waals surface area contributed by atoms with Crippen LogP contribution in [0.15, 0.2) is 212 Å². The molecular formula is C95H130N2O10S2. The number of pyridine rings is 2. The standard InChI is InChI=1S/2C16H19NO.C16H24O2S.C16H24O2.C15H22O3.C15H18OS.CH4/c1-2-11-18-16-7-3-5-14(12-16)8-9-15-6-4-10-17-13-15;1-2-12-18-16-8-5-6-14(13-16)9-10-15-7-3-4-11-17-15;1-2-10-18-15-5-3-4-14(13-15)6-7-16(17)8-11-19-12-9-16;1-2-11-17-16-8-5-6-14(13-16)9-10-15-7-3-4-12-18-15;1-2-9-16-13-7-5-8-14(11-13)18-12-15-6-3-4-10-17-15;1-2-10-16-14-6-3-5-13(12-14)8-9-15-7-4-11-17-15;/h3-7,10,12-13H,2,8-9,11H2,1H3;3-8,11,13H,2,9-10,12H2,1H3;3-5,13,17H,2,6-12H2,1H3;5-6,8,13,15H,2-4,7,9-12H2,1H3;5,7-8,11,15H,2-4,6,9-10,12H2,1H3;3-7,11-12H,2,8-10H2,1H3;1H4. The molecule has 0 radical (unpaired) electrons. The lowest BCUT2D eigenvalue weighted by Crippen LogP contribution is -2.33. The molecule has 3 aromatic heterocycles. The van der Waals surface area contributed by atoms with Crippen molar-refractivity contribution >= 4 is 23.1 Å². The highest BCUT2D eigenvalue weighted by molar-refractivity contribution is 7.99. The van der Waals surface area contributed by atoms with Crippen LogP contribution in [0, 0.1) is 0 Å². The quantitative estimate of drug-likeness (QED) is 0.0400. The van der Waals surface area contributed by atoms with Gasteiger partial charge in [-0.3, -0.25) is 9.97 Å². The van der Waals surface area contributed by atoms with Crippen LogP contribution in [0.3, 0.4) is 0 Å². The van der Waals surface area contributed by atoms with E-state index in [2.05, 4.69) is 166 Å². The van der Waals surface area contributed by atoms with Gasteiger partial charge in [0.15, 0.2) is 0 Å². The number of thiophene rings is 1. The van der Waals surface area contributed by atoms with Crippen LogP contribution in [0.2, 0.25) is 0 Å². The number of thioether (sulfide) groups is 1. The van der Waals surface area contributed by atoms with Crippen molar-refractivity contribution in [3.8, 4) is 40.2 Å². The Hall–Kier alpha value is -7.85. The summed E-state index contributed by atoms with van der Waals surface area (Å²) in [4.78, 5) is 9.91. The van der Waals surface area contributed by atoms with Crippen molar-refractivity contribution in [2.45, 2.75) is 221 Å². The topological polar surface area (TPSA) is 129 Å². The first-order chi connectivity index (χ1) is 53.1. The van der Waals surface area contributed by atoms with Crippen molar-refractivity contribution in [2.24, 2.45) is 0 Å². The first kappa shape index (κ1) is 90.0. The molecule has 3 aliphatic rings. The van der Waals surface area contributed by atoms with Gasteiger partial charge in [-0.25, -0.2) is 0 Å². The minimum absolute atomic E-state index is 0. The molecule has 3 fully saturated rings. The summed E-state index contributed by atoms with van der Waals surface area (Å²) in [5.41, 5.74) is 8.56. The number of aromatic nitrogens is 2. The fraction of sp³-hybridized carbons (Fsp3) is 0.474. The smallest absolute Gasteiger partial charge is 0.123 e. The van der Waals surface area contributed by atoms with Crippen LogP contribution in [-0.2, 0) is 60.8 Å². The van der Waals surface area contributed by atoms with Gasteiger partial charge in [-0.2, -0.15) is 11.8 Å². The molecule has 12 nitrogen and oxygen atoms in total. The first-order valence-corrected chi connectivity index (χ1v) is 42.5. The van der Waals surface area contributed by atoms with Gasteiger partial charge in [-0.15, -0.1) is 11.3 Å². The Bertz CT molecular complexity index is 3530. The molecule has 9 aromatic rings. The van der Waals surface area contributed by atoms with Gasteiger partial charge in [-0.1, -0.05) is 134 Å². The highest BCUT2D eigenvalue weighted by Crippen LogP contribution is 2.32. The predicted octanol–water partition coefficient (Wildman–Crippen LogP) is 23.3. The van der Waals surface area contributed by atoms with Gasteiger partial charge in [0.25, 0.3) is 0 Å². The number of ether oxygens (including phenoxy) is 9. The number of nitrogens with zero attached hydrogens (tertiary/aromatic N) is 2. The third-order valence-electron chi connectivity index (χ3n) is 18.2. The maximum Gasteiger partial charge on any atom is 0.123 e. The SMILES string of the molecule is C.CCCOc1cccc(CCC2(O)CCSCC2)c1.CCCOc1cccc(CCC2CCCCO2)c1.CCCOc1cccc(CCc2ccccn2)c1.CCCOc1cccc(CCc2cccnc2)c1.CCCOc1cccc(CCc2cccs2)c1.CCCOc1cccc(OCC2CCCCO2)c1. The van der Waals surface area contributed by atoms with Gasteiger partial charge in [0.05, 0.1) is 57.5 Å². The van der Waals surface area contributed by atoms with E-state index in [4.69, 9.17) is 42.6 Å². The third kappa shape index (κ3) is 39.6. The van der Waals surface area contributed by atoms with Crippen molar-refractivity contribution in [3.05, 3.63) is 256 Å². The fourth-order valence-electron chi connectivity index (χ4n) is 12.2. The zero-order valence-electron chi connectivity index (χ0n) is 65.9. The minimum Gasteiger partial charge on any atom is -0.494 e. The molecule has 0 spiro atoms. The van der Waals surface area contributed by atoms with Crippen molar-refractivity contribution in [1.82, 2.24) is 9.97 Å². The molecule has 0 aliphatic carbocycles.